The van der Waals surface area contributed by atoms with E-state index in [1.807, 2.05) is 24.1 Å². The standard InChI is InChI=1S/C16H12OS/c1-2-4-14-13(3-1)12(11-7-8-17-9-11)5-6-15(14)16-10-18-16/h1-9,16H,10H2. The maximum absolute atomic E-state index is 5.20. The molecular weight excluding hydrogens is 240 g/mol. The van der Waals surface area contributed by atoms with Gasteiger partial charge in [0, 0.05) is 16.6 Å². The minimum Gasteiger partial charge on any atom is -0.472 e. The van der Waals surface area contributed by atoms with E-state index in [4.69, 9.17) is 4.42 Å². The second kappa shape index (κ2) is 3.92. The third kappa shape index (κ3) is 1.57. The van der Waals surface area contributed by atoms with Crippen LogP contribution in [0.2, 0.25) is 0 Å². The number of hydrogen-bond acceptors (Lipinski definition) is 2. The predicted octanol–water partition coefficient (Wildman–Crippen LogP) is 4.89. The number of benzene rings is 2. The first kappa shape index (κ1) is 10.3. The van der Waals surface area contributed by atoms with Crippen LogP contribution in [0.15, 0.2) is 59.4 Å². The van der Waals surface area contributed by atoms with Crippen LogP contribution in [0, 0.1) is 0 Å². The van der Waals surface area contributed by atoms with E-state index >= 15 is 0 Å². The van der Waals surface area contributed by atoms with Crippen LogP contribution in [-0.2, 0) is 0 Å². The van der Waals surface area contributed by atoms with Crippen molar-refractivity contribution in [3.8, 4) is 11.1 Å². The Morgan fingerprint density at radius 3 is 2.56 bits per heavy atom. The zero-order valence-corrected chi connectivity index (χ0v) is 10.6. The molecule has 1 aliphatic rings. The Bertz CT molecular complexity index is 696. The Hall–Kier alpha value is -1.67. The van der Waals surface area contributed by atoms with Crippen molar-refractivity contribution in [3.63, 3.8) is 0 Å². The average Bonchev–Trinajstić information content (AvgIpc) is 3.12. The highest BCUT2D eigenvalue weighted by atomic mass is 32.2. The molecular formula is C16H12OS. The van der Waals surface area contributed by atoms with Gasteiger partial charge in [-0.05, 0) is 28.0 Å². The van der Waals surface area contributed by atoms with E-state index in [0.29, 0.717) is 5.25 Å². The Labute approximate surface area is 110 Å². The Balaban J connectivity index is 2.03. The van der Waals surface area contributed by atoms with E-state index in [-0.39, 0.29) is 0 Å². The second-order valence-electron chi connectivity index (χ2n) is 4.58. The van der Waals surface area contributed by atoms with Crippen molar-refractivity contribution in [1.29, 1.82) is 0 Å². The summed E-state index contributed by atoms with van der Waals surface area (Å²) >= 11 is 2.02. The van der Waals surface area contributed by atoms with Crippen LogP contribution in [-0.4, -0.2) is 5.75 Å². The van der Waals surface area contributed by atoms with Crippen LogP contribution in [0.4, 0.5) is 0 Å². The molecule has 1 atom stereocenters. The summed E-state index contributed by atoms with van der Waals surface area (Å²) in [6, 6.07) is 15.2. The molecule has 0 radical (unpaired) electrons. The minimum atomic E-state index is 0.702. The van der Waals surface area contributed by atoms with E-state index in [0.717, 1.165) is 5.56 Å². The van der Waals surface area contributed by atoms with Crippen molar-refractivity contribution in [3.05, 3.63) is 60.6 Å². The predicted molar refractivity (Wildman–Crippen MR) is 76.8 cm³/mol. The zero-order chi connectivity index (χ0) is 11.9. The molecule has 3 aromatic rings. The molecule has 88 valence electrons. The molecule has 0 amide bonds. The topological polar surface area (TPSA) is 13.1 Å². The Morgan fingerprint density at radius 2 is 1.83 bits per heavy atom. The summed E-state index contributed by atoms with van der Waals surface area (Å²) in [5.41, 5.74) is 3.89. The van der Waals surface area contributed by atoms with Crippen molar-refractivity contribution < 1.29 is 4.42 Å². The molecule has 1 fully saturated rings. The van der Waals surface area contributed by atoms with E-state index in [9.17, 15) is 0 Å². The quantitative estimate of drug-likeness (QED) is 0.602. The van der Waals surface area contributed by atoms with Crippen molar-refractivity contribution in [2.75, 3.05) is 5.75 Å². The van der Waals surface area contributed by atoms with Gasteiger partial charge in [0.2, 0.25) is 0 Å². The lowest BCUT2D eigenvalue weighted by Gasteiger charge is -2.09. The maximum Gasteiger partial charge on any atom is 0.0981 e. The molecule has 2 aromatic carbocycles. The van der Waals surface area contributed by atoms with E-state index in [1.165, 1.54) is 27.7 Å². The van der Waals surface area contributed by atoms with Gasteiger partial charge in [-0.1, -0.05) is 36.4 Å². The molecule has 0 saturated carbocycles. The number of thioether (sulfide) groups is 1. The van der Waals surface area contributed by atoms with Crippen LogP contribution in [0.3, 0.4) is 0 Å². The Kier molecular flexibility index (Phi) is 2.24. The SMILES string of the molecule is c1ccc2c(C3CS3)ccc(-c3ccoc3)c2c1. The maximum atomic E-state index is 5.20. The molecule has 0 bridgehead atoms. The van der Waals surface area contributed by atoms with Gasteiger partial charge in [0.25, 0.3) is 0 Å². The zero-order valence-electron chi connectivity index (χ0n) is 9.80. The smallest absolute Gasteiger partial charge is 0.0981 e. The van der Waals surface area contributed by atoms with Crippen molar-refractivity contribution in [2.45, 2.75) is 5.25 Å². The van der Waals surface area contributed by atoms with E-state index in [1.54, 1.807) is 6.26 Å². The van der Waals surface area contributed by atoms with Gasteiger partial charge >= 0.3 is 0 Å². The molecule has 1 nitrogen and oxygen atoms in total. The molecule has 2 heterocycles. The molecule has 0 spiro atoms. The highest BCUT2D eigenvalue weighted by Gasteiger charge is 2.26. The van der Waals surface area contributed by atoms with Crippen LogP contribution in [0.5, 0.6) is 0 Å². The number of fused-ring (bicyclic) bond motifs is 1. The van der Waals surface area contributed by atoms with Crippen LogP contribution in [0.1, 0.15) is 10.8 Å². The van der Waals surface area contributed by atoms with Gasteiger partial charge in [-0.2, -0.15) is 11.8 Å². The van der Waals surface area contributed by atoms with Crippen LogP contribution >= 0.6 is 11.8 Å². The van der Waals surface area contributed by atoms with Gasteiger partial charge < -0.3 is 4.42 Å². The second-order valence-corrected chi connectivity index (χ2v) is 5.82. The lowest BCUT2D eigenvalue weighted by molar-refractivity contribution is 0.568. The summed E-state index contributed by atoms with van der Waals surface area (Å²) in [6.07, 6.45) is 3.54. The summed E-state index contributed by atoms with van der Waals surface area (Å²) < 4.78 is 5.20. The minimum absolute atomic E-state index is 0.702. The van der Waals surface area contributed by atoms with Gasteiger partial charge in [-0.25, -0.2) is 0 Å². The number of furan rings is 1. The third-order valence-corrected chi connectivity index (χ3v) is 4.39. The molecule has 2 heteroatoms. The molecule has 1 unspecified atom stereocenters. The van der Waals surface area contributed by atoms with Gasteiger partial charge in [0.15, 0.2) is 0 Å². The van der Waals surface area contributed by atoms with Gasteiger partial charge in [0.1, 0.15) is 0 Å². The first-order valence-electron chi connectivity index (χ1n) is 6.09. The fraction of sp³-hybridized carbons (Fsp3) is 0.125. The largest absolute Gasteiger partial charge is 0.472 e. The summed E-state index contributed by atoms with van der Waals surface area (Å²) in [5, 5.41) is 3.41. The number of hydrogen-bond donors (Lipinski definition) is 0. The fourth-order valence-electron chi connectivity index (χ4n) is 2.50. The Morgan fingerprint density at radius 1 is 1.00 bits per heavy atom. The van der Waals surface area contributed by atoms with E-state index < -0.39 is 0 Å². The molecule has 0 N–H and O–H groups in total. The molecule has 1 saturated heterocycles. The normalized spacial score (nSPS) is 18.1. The molecule has 1 aromatic heterocycles. The van der Waals surface area contributed by atoms with E-state index in [2.05, 4.69) is 36.4 Å². The van der Waals surface area contributed by atoms with Crippen molar-refractivity contribution >= 4 is 22.5 Å². The van der Waals surface area contributed by atoms with Crippen molar-refractivity contribution in [2.24, 2.45) is 0 Å². The summed E-state index contributed by atoms with van der Waals surface area (Å²) in [5.74, 6) is 1.26. The third-order valence-electron chi connectivity index (χ3n) is 3.47. The number of rotatable bonds is 2. The molecule has 4 rings (SSSR count). The lowest BCUT2D eigenvalue weighted by Crippen LogP contribution is -1.86. The van der Waals surface area contributed by atoms with Crippen LogP contribution < -0.4 is 0 Å². The summed E-state index contributed by atoms with van der Waals surface area (Å²) in [4.78, 5) is 0. The van der Waals surface area contributed by atoms with Gasteiger partial charge in [-0.15, -0.1) is 0 Å². The molecule has 1 aliphatic heterocycles. The van der Waals surface area contributed by atoms with Gasteiger partial charge in [-0.3, -0.25) is 0 Å². The average molecular weight is 252 g/mol. The summed E-state index contributed by atoms with van der Waals surface area (Å²) in [7, 11) is 0. The first-order valence-corrected chi connectivity index (χ1v) is 7.14. The first-order chi connectivity index (χ1) is 8.93. The van der Waals surface area contributed by atoms with Crippen molar-refractivity contribution in [1.82, 2.24) is 0 Å². The van der Waals surface area contributed by atoms with Crippen LogP contribution in [0.25, 0.3) is 21.9 Å². The summed E-state index contributed by atoms with van der Waals surface area (Å²) in [6.45, 7) is 0. The molecule has 18 heavy (non-hydrogen) atoms. The fourth-order valence-corrected chi connectivity index (χ4v) is 3.16. The monoisotopic (exact) mass is 252 g/mol. The highest BCUT2D eigenvalue weighted by molar-refractivity contribution is 8.06. The lowest BCUT2D eigenvalue weighted by atomic mass is 9.95. The van der Waals surface area contributed by atoms with Gasteiger partial charge in [0.05, 0.1) is 12.5 Å². The molecule has 0 aliphatic carbocycles. The highest BCUT2D eigenvalue weighted by Crippen LogP contribution is 2.49.